The van der Waals surface area contributed by atoms with Crippen LogP contribution < -0.4 is 5.32 Å². The number of nitrogens with zero attached hydrogens (tertiary/aromatic N) is 1. The predicted octanol–water partition coefficient (Wildman–Crippen LogP) is 2.02. The van der Waals surface area contributed by atoms with E-state index in [-0.39, 0.29) is 5.91 Å². The monoisotopic (exact) mass is 258 g/mol. The number of nitrogens with one attached hydrogen (secondary N) is 1. The molecule has 0 radical (unpaired) electrons. The Kier molecular flexibility index (Phi) is 7.28. The van der Waals surface area contributed by atoms with Gasteiger partial charge >= 0.3 is 0 Å². The third-order valence-corrected chi connectivity index (χ3v) is 2.76. The van der Waals surface area contributed by atoms with Crippen LogP contribution in [0.5, 0.6) is 0 Å². The number of hydrogen-bond acceptors (Lipinski definition) is 2. The maximum absolute atomic E-state index is 11.9. The molecule has 1 aromatic carbocycles. The first-order valence-electron chi connectivity index (χ1n) is 6.52. The lowest BCUT2D eigenvalue weighted by Gasteiger charge is -2.19. The van der Waals surface area contributed by atoms with Crippen molar-refractivity contribution in [1.29, 1.82) is 0 Å². The highest BCUT2D eigenvalue weighted by molar-refractivity contribution is 5.78. The van der Waals surface area contributed by atoms with Gasteiger partial charge < -0.3 is 10.2 Å². The van der Waals surface area contributed by atoms with Gasteiger partial charge in [0.1, 0.15) is 0 Å². The Balaban J connectivity index is 2.25. The van der Waals surface area contributed by atoms with Gasteiger partial charge in [0.05, 0.1) is 6.54 Å². The highest BCUT2D eigenvalue weighted by Crippen LogP contribution is 1.98. The second kappa shape index (κ2) is 9.11. The minimum absolute atomic E-state index is 0.0767. The van der Waals surface area contributed by atoms with Crippen LogP contribution in [-0.4, -0.2) is 37.0 Å². The summed E-state index contributed by atoms with van der Waals surface area (Å²) in [5.74, 6) is 0.0767. The van der Waals surface area contributed by atoms with E-state index in [1.54, 1.807) is 17.1 Å². The largest absolute Gasteiger partial charge is 0.334 e. The molecule has 0 fully saturated rings. The van der Waals surface area contributed by atoms with E-state index in [1.165, 1.54) is 5.56 Å². The van der Waals surface area contributed by atoms with Crippen molar-refractivity contribution >= 4 is 5.91 Å². The molecule has 0 aliphatic carbocycles. The Morgan fingerprint density at radius 3 is 2.37 bits per heavy atom. The van der Waals surface area contributed by atoms with Gasteiger partial charge in [0, 0.05) is 13.1 Å². The zero-order chi connectivity index (χ0) is 13.9. The molecule has 0 aliphatic rings. The van der Waals surface area contributed by atoms with E-state index in [0.29, 0.717) is 19.6 Å². The summed E-state index contributed by atoms with van der Waals surface area (Å²) in [6.45, 7) is 9.58. The fraction of sp³-hybridized carbons (Fsp3) is 0.312. The van der Waals surface area contributed by atoms with Gasteiger partial charge in [-0.1, -0.05) is 42.5 Å². The van der Waals surface area contributed by atoms with Crippen molar-refractivity contribution in [3.8, 4) is 0 Å². The van der Waals surface area contributed by atoms with Gasteiger partial charge in [-0.3, -0.25) is 4.79 Å². The van der Waals surface area contributed by atoms with Crippen molar-refractivity contribution in [3.05, 3.63) is 61.2 Å². The molecule has 0 bridgehead atoms. The second-order valence-corrected chi connectivity index (χ2v) is 4.29. The quantitative estimate of drug-likeness (QED) is 0.543. The number of carbonyl (C=O) groups excluding carboxylic acids is 1. The van der Waals surface area contributed by atoms with Gasteiger partial charge in [0.25, 0.3) is 0 Å². The van der Waals surface area contributed by atoms with Gasteiger partial charge in [-0.15, -0.1) is 13.2 Å². The first kappa shape index (κ1) is 15.2. The summed E-state index contributed by atoms with van der Waals surface area (Å²) in [6.07, 6.45) is 4.38. The Bertz CT molecular complexity index is 390. The minimum Gasteiger partial charge on any atom is -0.334 e. The Labute approximate surface area is 115 Å². The molecule has 1 aromatic rings. The van der Waals surface area contributed by atoms with E-state index < -0.39 is 0 Å². The third-order valence-electron chi connectivity index (χ3n) is 2.76. The molecule has 1 amide bonds. The van der Waals surface area contributed by atoms with Crippen LogP contribution in [0.3, 0.4) is 0 Å². The maximum Gasteiger partial charge on any atom is 0.237 e. The molecule has 3 heteroatoms. The van der Waals surface area contributed by atoms with Gasteiger partial charge in [-0.05, 0) is 18.5 Å². The van der Waals surface area contributed by atoms with E-state index >= 15 is 0 Å². The fourth-order valence-corrected chi connectivity index (χ4v) is 1.77. The first-order chi connectivity index (χ1) is 9.27. The molecule has 0 saturated heterocycles. The maximum atomic E-state index is 11.9. The van der Waals surface area contributed by atoms with Crippen LogP contribution in [0.4, 0.5) is 0 Å². The van der Waals surface area contributed by atoms with Gasteiger partial charge in [-0.2, -0.15) is 0 Å². The predicted molar refractivity (Wildman–Crippen MR) is 80.0 cm³/mol. The fourth-order valence-electron chi connectivity index (χ4n) is 1.77. The van der Waals surface area contributed by atoms with E-state index in [9.17, 15) is 4.79 Å². The van der Waals surface area contributed by atoms with Crippen molar-refractivity contribution in [3.63, 3.8) is 0 Å². The SMILES string of the molecule is C=CCN(CC=C)C(=O)CNCCc1ccccc1. The Morgan fingerprint density at radius 2 is 1.79 bits per heavy atom. The van der Waals surface area contributed by atoms with Gasteiger partial charge in [0.15, 0.2) is 0 Å². The van der Waals surface area contributed by atoms with Gasteiger partial charge in [0.2, 0.25) is 5.91 Å². The van der Waals surface area contributed by atoms with Crippen LogP contribution in [0.1, 0.15) is 5.56 Å². The number of amides is 1. The molecule has 1 rings (SSSR count). The van der Waals surface area contributed by atoms with E-state index in [2.05, 4.69) is 30.6 Å². The molecule has 0 aliphatic heterocycles. The van der Waals surface area contributed by atoms with E-state index in [4.69, 9.17) is 0 Å². The van der Waals surface area contributed by atoms with E-state index in [1.807, 2.05) is 18.2 Å². The number of carbonyl (C=O) groups is 1. The summed E-state index contributed by atoms with van der Waals surface area (Å²) in [5, 5.41) is 3.17. The summed E-state index contributed by atoms with van der Waals surface area (Å²) in [5.41, 5.74) is 1.27. The van der Waals surface area contributed by atoms with Crippen molar-refractivity contribution in [1.82, 2.24) is 10.2 Å². The van der Waals surface area contributed by atoms with Crippen LogP contribution in [0.15, 0.2) is 55.6 Å². The highest BCUT2D eigenvalue weighted by Gasteiger charge is 2.09. The second-order valence-electron chi connectivity index (χ2n) is 4.29. The zero-order valence-corrected chi connectivity index (χ0v) is 11.3. The molecule has 0 spiro atoms. The van der Waals surface area contributed by atoms with Crippen LogP contribution in [-0.2, 0) is 11.2 Å². The van der Waals surface area contributed by atoms with Crippen molar-refractivity contribution < 1.29 is 4.79 Å². The Morgan fingerprint density at radius 1 is 1.16 bits per heavy atom. The number of benzene rings is 1. The molecule has 3 nitrogen and oxygen atoms in total. The summed E-state index contributed by atoms with van der Waals surface area (Å²) in [6, 6.07) is 10.2. The third kappa shape index (κ3) is 6.02. The number of rotatable bonds is 9. The van der Waals surface area contributed by atoms with Crippen LogP contribution in [0.25, 0.3) is 0 Å². The number of hydrogen-bond donors (Lipinski definition) is 1. The molecule has 0 heterocycles. The Hall–Kier alpha value is -1.87. The molecule has 0 saturated carbocycles. The summed E-state index contributed by atoms with van der Waals surface area (Å²) < 4.78 is 0. The summed E-state index contributed by atoms with van der Waals surface area (Å²) in [7, 11) is 0. The van der Waals surface area contributed by atoms with Crippen LogP contribution in [0, 0.1) is 0 Å². The van der Waals surface area contributed by atoms with Crippen molar-refractivity contribution in [2.45, 2.75) is 6.42 Å². The molecular weight excluding hydrogens is 236 g/mol. The molecule has 0 aromatic heterocycles. The van der Waals surface area contributed by atoms with Crippen molar-refractivity contribution in [2.75, 3.05) is 26.2 Å². The van der Waals surface area contributed by atoms with E-state index in [0.717, 1.165) is 13.0 Å². The standard InChI is InChI=1S/C16H22N2O/c1-3-12-18(13-4-2)16(19)14-17-11-10-15-8-6-5-7-9-15/h3-9,17H,1-2,10-14H2. The van der Waals surface area contributed by atoms with Crippen LogP contribution in [0.2, 0.25) is 0 Å². The lowest BCUT2D eigenvalue weighted by Crippen LogP contribution is -2.38. The molecule has 102 valence electrons. The smallest absolute Gasteiger partial charge is 0.237 e. The average molecular weight is 258 g/mol. The average Bonchev–Trinajstić information content (AvgIpc) is 2.44. The molecule has 19 heavy (non-hydrogen) atoms. The lowest BCUT2D eigenvalue weighted by atomic mass is 10.1. The van der Waals surface area contributed by atoms with Crippen molar-refractivity contribution in [2.24, 2.45) is 0 Å². The molecule has 0 unspecified atom stereocenters. The molecular formula is C16H22N2O. The molecule has 0 atom stereocenters. The topological polar surface area (TPSA) is 32.3 Å². The normalized spacial score (nSPS) is 9.89. The highest BCUT2D eigenvalue weighted by atomic mass is 16.2. The van der Waals surface area contributed by atoms with Gasteiger partial charge in [-0.25, -0.2) is 0 Å². The molecule has 1 N–H and O–H groups in total. The first-order valence-corrected chi connectivity index (χ1v) is 6.52. The lowest BCUT2D eigenvalue weighted by molar-refractivity contribution is -0.129. The van der Waals surface area contributed by atoms with Crippen LogP contribution >= 0.6 is 0 Å². The zero-order valence-electron chi connectivity index (χ0n) is 11.3. The minimum atomic E-state index is 0.0767. The summed E-state index contributed by atoms with van der Waals surface area (Å²) in [4.78, 5) is 13.6. The summed E-state index contributed by atoms with van der Waals surface area (Å²) >= 11 is 0.